The van der Waals surface area contributed by atoms with Crippen molar-refractivity contribution in [2.24, 2.45) is 0 Å². The van der Waals surface area contributed by atoms with E-state index >= 15 is 0 Å². The van der Waals surface area contributed by atoms with Crippen molar-refractivity contribution in [2.75, 3.05) is 10.6 Å². The summed E-state index contributed by atoms with van der Waals surface area (Å²) in [5.74, 6) is -0.500. The normalized spacial score (nSPS) is 10.5. The highest BCUT2D eigenvalue weighted by atomic mass is 35.5. The molecule has 0 saturated carbocycles. The summed E-state index contributed by atoms with van der Waals surface area (Å²) in [5, 5.41) is 6.41. The lowest BCUT2D eigenvalue weighted by Crippen LogP contribution is -2.14. The van der Waals surface area contributed by atoms with Crippen LogP contribution < -0.4 is 10.6 Å². The van der Waals surface area contributed by atoms with Gasteiger partial charge in [0.25, 0.3) is 5.91 Å². The number of amides is 2. The lowest BCUT2D eigenvalue weighted by atomic mass is 10.1. The number of anilines is 2. The third-order valence-corrected chi connectivity index (χ3v) is 5.57. The highest BCUT2D eigenvalue weighted by Gasteiger charge is 2.15. The van der Waals surface area contributed by atoms with Gasteiger partial charge in [-0.2, -0.15) is 0 Å². The Hall–Kier alpha value is -2.83. The van der Waals surface area contributed by atoms with Crippen LogP contribution in [0, 0.1) is 13.8 Å². The first-order valence-corrected chi connectivity index (χ1v) is 10.1. The molecule has 29 heavy (non-hydrogen) atoms. The zero-order valence-electron chi connectivity index (χ0n) is 16.2. The summed E-state index contributed by atoms with van der Waals surface area (Å²) in [6, 6.07) is 14.5. The highest BCUT2D eigenvalue weighted by molar-refractivity contribution is 7.99. The number of hydrogen-bond acceptors (Lipinski definition) is 4. The van der Waals surface area contributed by atoms with Crippen LogP contribution in [0.1, 0.15) is 28.4 Å². The quantitative estimate of drug-likeness (QED) is 0.548. The van der Waals surface area contributed by atoms with Crippen molar-refractivity contribution in [3.8, 4) is 0 Å². The number of hydrogen-bond donors (Lipinski definition) is 2. The standard InChI is InChI=1S/C22H20ClN3O2S/c1-13-6-8-17(11-14(13)2)29-22-18(5-4-10-24-22)21(28)26-20-9-7-16(12-19(20)23)25-15(3)27/h4-12H,1-3H3,(H,25,27)(H,26,28). The molecule has 0 spiro atoms. The molecule has 0 saturated heterocycles. The Bertz CT molecular complexity index is 1090. The molecule has 3 aromatic rings. The Kier molecular flexibility index (Phi) is 6.56. The minimum atomic E-state index is -0.307. The Morgan fingerprint density at radius 3 is 2.48 bits per heavy atom. The first-order chi connectivity index (χ1) is 13.8. The third kappa shape index (κ3) is 5.37. The number of benzene rings is 2. The number of pyridine rings is 1. The molecule has 0 aliphatic heterocycles. The van der Waals surface area contributed by atoms with E-state index in [1.54, 1.807) is 36.5 Å². The Labute approximate surface area is 178 Å². The second-order valence-corrected chi connectivity index (χ2v) is 8.00. The van der Waals surface area contributed by atoms with Gasteiger partial charge in [0, 0.05) is 23.7 Å². The van der Waals surface area contributed by atoms with Crippen LogP contribution in [0.2, 0.25) is 5.02 Å². The molecular formula is C22H20ClN3O2S. The predicted molar refractivity (Wildman–Crippen MR) is 118 cm³/mol. The zero-order chi connectivity index (χ0) is 21.0. The molecule has 0 aliphatic carbocycles. The molecule has 5 nitrogen and oxygen atoms in total. The maximum absolute atomic E-state index is 12.9. The van der Waals surface area contributed by atoms with Gasteiger partial charge >= 0.3 is 0 Å². The van der Waals surface area contributed by atoms with Gasteiger partial charge in [0.15, 0.2) is 0 Å². The fraction of sp³-hybridized carbons (Fsp3) is 0.136. The summed E-state index contributed by atoms with van der Waals surface area (Å²) in [4.78, 5) is 29.4. The van der Waals surface area contributed by atoms with E-state index in [1.807, 2.05) is 6.07 Å². The summed E-state index contributed by atoms with van der Waals surface area (Å²) >= 11 is 7.70. The van der Waals surface area contributed by atoms with Crippen molar-refractivity contribution >= 4 is 46.6 Å². The fourth-order valence-corrected chi connectivity index (χ4v) is 3.83. The molecular weight excluding hydrogens is 406 g/mol. The fourth-order valence-electron chi connectivity index (χ4n) is 2.62. The molecule has 0 radical (unpaired) electrons. The minimum Gasteiger partial charge on any atom is -0.326 e. The van der Waals surface area contributed by atoms with Gasteiger partial charge in [-0.3, -0.25) is 9.59 Å². The van der Waals surface area contributed by atoms with E-state index in [-0.39, 0.29) is 11.8 Å². The number of halogens is 1. The second kappa shape index (κ2) is 9.11. The smallest absolute Gasteiger partial charge is 0.258 e. The zero-order valence-corrected chi connectivity index (χ0v) is 17.8. The summed E-state index contributed by atoms with van der Waals surface area (Å²) in [6.45, 7) is 5.53. The Balaban J connectivity index is 1.81. The minimum absolute atomic E-state index is 0.193. The Morgan fingerprint density at radius 2 is 1.79 bits per heavy atom. The number of nitrogens with zero attached hydrogens (tertiary/aromatic N) is 1. The van der Waals surface area contributed by atoms with E-state index in [0.29, 0.717) is 27.0 Å². The lowest BCUT2D eigenvalue weighted by molar-refractivity contribution is -0.114. The number of rotatable bonds is 5. The number of aryl methyl sites for hydroxylation is 2. The maximum atomic E-state index is 12.9. The highest BCUT2D eigenvalue weighted by Crippen LogP contribution is 2.31. The van der Waals surface area contributed by atoms with Crippen LogP contribution >= 0.6 is 23.4 Å². The van der Waals surface area contributed by atoms with E-state index in [9.17, 15) is 9.59 Å². The summed E-state index contributed by atoms with van der Waals surface area (Å²) in [7, 11) is 0. The number of carbonyl (C=O) groups is 2. The van der Waals surface area contributed by atoms with E-state index in [2.05, 4.69) is 41.6 Å². The van der Waals surface area contributed by atoms with Gasteiger partial charge in [-0.15, -0.1) is 0 Å². The van der Waals surface area contributed by atoms with Crippen LogP contribution in [-0.2, 0) is 4.79 Å². The van der Waals surface area contributed by atoms with Crippen LogP contribution in [0.4, 0.5) is 11.4 Å². The van der Waals surface area contributed by atoms with Gasteiger partial charge in [0.05, 0.1) is 16.3 Å². The molecule has 0 unspecified atom stereocenters. The molecule has 2 amide bonds. The third-order valence-electron chi connectivity index (χ3n) is 4.25. The van der Waals surface area contributed by atoms with Crippen LogP contribution in [0.25, 0.3) is 0 Å². The first-order valence-electron chi connectivity index (χ1n) is 8.92. The summed E-state index contributed by atoms with van der Waals surface area (Å²) in [5.41, 5.74) is 3.87. The molecule has 2 aromatic carbocycles. The van der Waals surface area contributed by atoms with Crippen molar-refractivity contribution in [1.82, 2.24) is 4.98 Å². The Morgan fingerprint density at radius 1 is 1.00 bits per heavy atom. The van der Waals surface area contributed by atoms with Gasteiger partial charge < -0.3 is 10.6 Å². The van der Waals surface area contributed by atoms with Gasteiger partial charge in [0.2, 0.25) is 5.91 Å². The van der Waals surface area contributed by atoms with Crippen molar-refractivity contribution in [3.05, 3.63) is 76.4 Å². The lowest BCUT2D eigenvalue weighted by Gasteiger charge is -2.12. The molecule has 3 rings (SSSR count). The topological polar surface area (TPSA) is 71.1 Å². The van der Waals surface area contributed by atoms with Crippen LogP contribution in [0.3, 0.4) is 0 Å². The second-order valence-electron chi connectivity index (χ2n) is 6.53. The van der Waals surface area contributed by atoms with E-state index in [1.165, 1.54) is 29.8 Å². The SMILES string of the molecule is CC(=O)Nc1ccc(NC(=O)c2cccnc2Sc2ccc(C)c(C)c2)c(Cl)c1. The van der Waals surface area contributed by atoms with Crippen molar-refractivity contribution in [2.45, 2.75) is 30.7 Å². The largest absolute Gasteiger partial charge is 0.326 e. The molecule has 1 aromatic heterocycles. The average Bonchev–Trinajstić information content (AvgIpc) is 2.67. The first kappa shape index (κ1) is 20.9. The van der Waals surface area contributed by atoms with Gasteiger partial charge in [-0.05, 0) is 67.4 Å². The average molecular weight is 426 g/mol. The molecule has 148 valence electrons. The molecule has 0 bridgehead atoms. The van der Waals surface area contributed by atoms with Crippen molar-refractivity contribution in [1.29, 1.82) is 0 Å². The van der Waals surface area contributed by atoms with E-state index < -0.39 is 0 Å². The van der Waals surface area contributed by atoms with Crippen molar-refractivity contribution < 1.29 is 9.59 Å². The molecule has 7 heteroatoms. The molecule has 2 N–H and O–H groups in total. The maximum Gasteiger partial charge on any atom is 0.258 e. The van der Waals surface area contributed by atoms with E-state index in [4.69, 9.17) is 11.6 Å². The number of nitrogens with one attached hydrogen (secondary N) is 2. The number of carbonyl (C=O) groups excluding carboxylic acids is 2. The molecule has 0 atom stereocenters. The molecule has 0 aliphatic rings. The van der Waals surface area contributed by atoms with Crippen LogP contribution in [-0.4, -0.2) is 16.8 Å². The van der Waals surface area contributed by atoms with Gasteiger partial charge in [0.1, 0.15) is 5.03 Å². The molecule has 0 fully saturated rings. The van der Waals surface area contributed by atoms with Gasteiger partial charge in [-0.1, -0.05) is 29.4 Å². The molecule has 1 heterocycles. The van der Waals surface area contributed by atoms with Crippen LogP contribution in [0.15, 0.2) is 64.6 Å². The van der Waals surface area contributed by atoms with Crippen molar-refractivity contribution in [3.63, 3.8) is 0 Å². The van der Waals surface area contributed by atoms with Crippen LogP contribution in [0.5, 0.6) is 0 Å². The van der Waals surface area contributed by atoms with E-state index in [0.717, 1.165) is 4.90 Å². The monoisotopic (exact) mass is 425 g/mol. The number of aromatic nitrogens is 1. The van der Waals surface area contributed by atoms with Gasteiger partial charge in [-0.25, -0.2) is 4.98 Å². The predicted octanol–water partition coefficient (Wildman–Crippen LogP) is 5.71. The summed E-state index contributed by atoms with van der Waals surface area (Å²) in [6.07, 6.45) is 1.66. The summed E-state index contributed by atoms with van der Waals surface area (Å²) < 4.78 is 0.